The molecule has 0 heterocycles. The van der Waals surface area contributed by atoms with Gasteiger partial charge in [-0.15, -0.1) is 0 Å². The molecule has 0 aliphatic rings. The molecule has 0 amide bonds. The lowest BCUT2D eigenvalue weighted by Crippen LogP contribution is -2.29. The fourth-order valence-electron chi connectivity index (χ4n) is 2.13. The first kappa shape index (κ1) is 17.8. The van der Waals surface area contributed by atoms with E-state index in [0.29, 0.717) is 5.11 Å². The molecule has 4 heteroatoms. The predicted octanol–water partition coefficient (Wildman–Crippen LogP) is 4.91. The van der Waals surface area contributed by atoms with Crippen LogP contribution in [0.1, 0.15) is 23.1 Å². The minimum absolute atomic E-state index is 0.696. The third kappa shape index (κ3) is 6.63. The van der Waals surface area contributed by atoms with Crippen LogP contribution < -0.4 is 10.6 Å². The monoisotopic (exact) mass is 344 g/mol. The summed E-state index contributed by atoms with van der Waals surface area (Å²) in [5.41, 5.74) is 5.00. The van der Waals surface area contributed by atoms with E-state index in [-0.39, 0.29) is 0 Å². The van der Waals surface area contributed by atoms with E-state index >= 15 is 0 Å². The highest BCUT2D eigenvalue weighted by molar-refractivity contribution is 7.98. The Balaban J connectivity index is 1.58. The summed E-state index contributed by atoms with van der Waals surface area (Å²) in [5.74, 6) is 2.21. The quantitative estimate of drug-likeness (QED) is 0.550. The van der Waals surface area contributed by atoms with Crippen LogP contribution in [0.15, 0.2) is 48.5 Å². The SMILES string of the molecule is Cc1ccc(NC(=S)NCCCSCc2ccccc2)cc1C. The maximum atomic E-state index is 5.34. The molecule has 0 saturated carbocycles. The lowest BCUT2D eigenvalue weighted by Gasteiger charge is -2.11. The highest BCUT2D eigenvalue weighted by atomic mass is 32.2. The number of rotatable bonds is 7. The third-order valence-corrected chi connectivity index (χ3v) is 4.99. The fraction of sp³-hybridized carbons (Fsp3) is 0.316. The number of anilines is 1. The van der Waals surface area contributed by atoms with Gasteiger partial charge in [0.25, 0.3) is 0 Å². The molecule has 0 saturated heterocycles. The van der Waals surface area contributed by atoms with Gasteiger partial charge in [0.1, 0.15) is 0 Å². The number of nitrogens with one attached hydrogen (secondary N) is 2. The van der Waals surface area contributed by atoms with E-state index in [4.69, 9.17) is 12.2 Å². The van der Waals surface area contributed by atoms with E-state index in [2.05, 4.69) is 73.0 Å². The second kappa shape index (κ2) is 9.58. The smallest absolute Gasteiger partial charge is 0.170 e. The maximum absolute atomic E-state index is 5.34. The molecule has 0 atom stereocenters. The molecule has 23 heavy (non-hydrogen) atoms. The van der Waals surface area contributed by atoms with Gasteiger partial charge in [0.05, 0.1) is 0 Å². The largest absolute Gasteiger partial charge is 0.362 e. The van der Waals surface area contributed by atoms with Gasteiger partial charge in [-0.25, -0.2) is 0 Å². The Hall–Kier alpha value is -1.52. The second-order valence-electron chi connectivity index (χ2n) is 5.57. The van der Waals surface area contributed by atoms with Crippen molar-refractivity contribution in [1.29, 1.82) is 0 Å². The van der Waals surface area contributed by atoms with Crippen molar-refractivity contribution in [1.82, 2.24) is 5.32 Å². The third-order valence-electron chi connectivity index (χ3n) is 3.63. The zero-order valence-corrected chi connectivity index (χ0v) is 15.4. The summed E-state index contributed by atoms with van der Waals surface area (Å²) in [4.78, 5) is 0. The summed E-state index contributed by atoms with van der Waals surface area (Å²) in [5, 5.41) is 7.21. The van der Waals surface area contributed by atoms with Crippen LogP contribution in [0.3, 0.4) is 0 Å². The van der Waals surface area contributed by atoms with Crippen LogP contribution in [0.2, 0.25) is 0 Å². The van der Waals surface area contributed by atoms with Gasteiger partial charge in [-0.3, -0.25) is 0 Å². The van der Waals surface area contributed by atoms with Gasteiger partial charge in [0.15, 0.2) is 5.11 Å². The summed E-state index contributed by atoms with van der Waals surface area (Å²) in [6.07, 6.45) is 1.10. The van der Waals surface area contributed by atoms with Crippen LogP contribution in [0, 0.1) is 13.8 Å². The molecule has 0 aliphatic heterocycles. The summed E-state index contributed by atoms with van der Waals surface area (Å²) in [6, 6.07) is 16.9. The van der Waals surface area contributed by atoms with Crippen LogP contribution in [0.25, 0.3) is 0 Å². The van der Waals surface area contributed by atoms with Gasteiger partial charge in [0, 0.05) is 18.0 Å². The summed E-state index contributed by atoms with van der Waals surface area (Å²) in [6.45, 7) is 5.13. The maximum Gasteiger partial charge on any atom is 0.170 e. The lowest BCUT2D eigenvalue weighted by molar-refractivity contribution is 0.854. The Kier molecular flexibility index (Phi) is 7.43. The summed E-state index contributed by atoms with van der Waals surface area (Å²) >= 11 is 7.30. The van der Waals surface area contributed by atoms with Gasteiger partial charge < -0.3 is 10.6 Å². The van der Waals surface area contributed by atoms with Crippen molar-refractivity contribution in [2.45, 2.75) is 26.0 Å². The molecule has 0 radical (unpaired) electrons. The molecule has 122 valence electrons. The van der Waals surface area contributed by atoms with Gasteiger partial charge in [-0.2, -0.15) is 11.8 Å². The second-order valence-corrected chi connectivity index (χ2v) is 7.09. The van der Waals surface area contributed by atoms with Gasteiger partial charge in [-0.05, 0) is 67.1 Å². The van der Waals surface area contributed by atoms with E-state index in [1.807, 2.05) is 11.8 Å². The molecule has 0 fully saturated rings. The zero-order valence-electron chi connectivity index (χ0n) is 13.8. The van der Waals surface area contributed by atoms with E-state index in [9.17, 15) is 0 Å². The van der Waals surface area contributed by atoms with Crippen molar-refractivity contribution in [3.05, 3.63) is 65.2 Å². The minimum Gasteiger partial charge on any atom is -0.362 e. The molecule has 2 N–H and O–H groups in total. The van der Waals surface area contributed by atoms with Crippen molar-refractivity contribution >= 4 is 34.8 Å². The topological polar surface area (TPSA) is 24.1 Å². The molecule has 0 bridgehead atoms. The number of benzene rings is 2. The van der Waals surface area contributed by atoms with Crippen molar-refractivity contribution < 1.29 is 0 Å². The van der Waals surface area contributed by atoms with Crippen molar-refractivity contribution in [2.75, 3.05) is 17.6 Å². The van der Waals surface area contributed by atoms with Gasteiger partial charge >= 0.3 is 0 Å². The number of hydrogen-bond donors (Lipinski definition) is 2. The Bertz CT molecular complexity index is 627. The van der Waals surface area contributed by atoms with E-state index in [1.165, 1.54) is 16.7 Å². The van der Waals surface area contributed by atoms with Gasteiger partial charge in [0.2, 0.25) is 0 Å². The van der Waals surface area contributed by atoms with Crippen LogP contribution in [0.5, 0.6) is 0 Å². The van der Waals surface area contributed by atoms with Crippen molar-refractivity contribution in [3.63, 3.8) is 0 Å². The summed E-state index contributed by atoms with van der Waals surface area (Å²) < 4.78 is 0. The molecule has 2 rings (SSSR count). The van der Waals surface area contributed by atoms with Crippen LogP contribution >= 0.6 is 24.0 Å². The van der Waals surface area contributed by atoms with Crippen LogP contribution in [-0.4, -0.2) is 17.4 Å². The average Bonchev–Trinajstić information content (AvgIpc) is 2.55. The molecule has 0 spiro atoms. The van der Waals surface area contributed by atoms with Crippen LogP contribution in [0.4, 0.5) is 5.69 Å². The number of thioether (sulfide) groups is 1. The Morgan fingerprint density at radius 2 is 1.83 bits per heavy atom. The van der Waals surface area contributed by atoms with Crippen LogP contribution in [-0.2, 0) is 5.75 Å². The standard InChI is InChI=1S/C19H24N2S2/c1-15-9-10-18(13-16(15)2)21-19(22)20-11-6-12-23-14-17-7-4-3-5-8-17/h3-5,7-10,13H,6,11-12,14H2,1-2H3,(H2,20,21,22). The molecular formula is C19H24N2S2. The number of thiocarbonyl (C=S) groups is 1. The first-order valence-electron chi connectivity index (χ1n) is 7.89. The Morgan fingerprint density at radius 3 is 2.57 bits per heavy atom. The normalized spacial score (nSPS) is 10.3. The van der Waals surface area contributed by atoms with E-state index < -0.39 is 0 Å². The molecule has 0 aromatic heterocycles. The average molecular weight is 345 g/mol. The first-order chi connectivity index (χ1) is 11.1. The number of hydrogen-bond acceptors (Lipinski definition) is 2. The molecular weight excluding hydrogens is 320 g/mol. The van der Waals surface area contributed by atoms with E-state index in [0.717, 1.165) is 30.2 Å². The zero-order chi connectivity index (χ0) is 16.5. The highest BCUT2D eigenvalue weighted by Crippen LogP contribution is 2.14. The lowest BCUT2D eigenvalue weighted by atomic mass is 10.1. The van der Waals surface area contributed by atoms with Gasteiger partial charge in [-0.1, -0.05) is 36.4 Å². The molecule has 2 aromatic carbocycles. The molecule has 0 unspecified atom stereocenters. The minimum atomic E-state index is 0.696. The predicted molar refractivity (Wildman–Crippen MR) is 107 cm³/mol. The highest BCUT2D eigenvalue weighted by Gasteiger charge is 1.99. The molecule has 2 nitrogen and oxygen atoms in total. The fourth-order valence-corrected chi connectivity index (χ4v) is 3.28. The van der Waals surface area contributed by atoms with Crippen molar-refractivity contribution in [2.24, 2.45) is 0 Å². The Labute approximate surface area is 149 Å². The Morgan fingerprint density at radius 1 is 1.04 bits per heavy atom. The van der Waals surface area contributed by atoms with Crippen molar-refractivity contribution in [3.8, 4) is 0 Å². The molecule has 0 aliphatic carbocycles. The number of aryl methyl sites for hydroxylation is 2. The molecule has 2 aromatic rings. The van der Waals surface area contributed by atoms with E-state index in [1.54, 1.807) is 0 Å². The first-order valence-corrected chi connectivity index (χ1v) is 9.45. The summed E-state index contributed by atoms with van der Waals surface area (Å²) in [7, 11) is 0.